The first-order valence-electron chi connectivity index (χ1n) is 7.35. The average Bonchev–Trinajstić information content (AvgIpc) is 2.47. The van der Waals surface area contributed by atoms with Gasteiger partial charge in [0, 0.05) is 12.6 Å². The summed E-state index contributed by atoms with van der Waals surface area (Å²) in [7, 11) is 0. The number of nitrogens with one attached hydrogen (secondary N) is 2. The Morgan fingerprint density at radius 3 is 2.58 bits per heavy atom. The molecule has 1 aromatic rings. The Morgan fingerprint density at radius 2 is 1.89 bits per heavy atom. The van der Waals surface area contributed by atoms with Gasteiger partial charge in [0.1, 0.15) is 0 Å². The summed E-state index contributed by atoms with van der Waals surface area (Å²) in [6.07, 6.45) is 6.57. The lowest BCUT2D eigenvalue weighted by atomic mass is 9.96. The van der Waals surface area contributed by atoms with Crippen molar-refractivity contribution in [3.63, 3.8) is 0 Å². The van der Waals surface area contributed by atoms with E-state index in [-0.39, 0.29) is 0 Å². The van der Waals surface area contributed by atoms with Crippen molar-refractivity contribution in [1.82, 2.24) is 10.6 Å². The molecule has 1 aromatic carbocycles. The zero-order chi connectivity index (χ0) is 13.5. The van der Waals surface area contributed by atoms with Crippen LogP contribution in [0.4, 0.5) is 0 Å². The van der Waals surface area contributed by atoms with E-state index < -0.39 is 0 Å². The van der Waals surface area contributed by atoms with E-state index in [0.717, 1.165) is 11.7 Å². The summed E-state index contributed by atoms with van der Waals surface area (Å²) in [5, 5.41) is 7.61. The van der Waals surface area contributed by atoms with E-state index >= 15 is 0 Å². The van der Waals surface area contributed by atoms with Crippen LogP contribution in [0.25, 0.3) is 0 Å². The lowest BCUT2D eigenvalue weighted by Crippen LogP contribution is -2.43. The third-order valence-corrected chi connectivity index (χ3v) is 4.14. The fourth-order valence-electron chi connectivity index (χ4n) is 2.63. The van der Waals surface area contributed by atoms with Crippen LogP contribution in [0.1, 0.15) is 50.5 Å². The van der Waals surface area contributed by atoms with Crippen LogP contribution in [0.15, 0.2) is 30.3 Å². The van der Waals surface area contributed by atoms with Gasteiger partial charge in [-0.1, -0.05) is 56.5 Å². The number of benzene rings is 1. The Bertz CT molecular complexity index is 385. The van der Waals surface area contributed by atoms with Gasteiger partial charge in [-0.3, -0.25) is 0 Å². The van der Waals surface area contributed by atoms with Crippen LogP contribution in [0, 0.1) is 0 Å². The number of hydrogen-bond donors (Lipinski definition) is 2. The summed E-state index contributed by atoms with van der Waals surface area (Å²) in [5.74, 6) is 0.479. The molecule has 0 aromatic heterocycles. The van der Waals surface area contributed by atoms with Crippen LogP contribution in [0.2, 0.25) is 0 Å². The Labute approximate surface area is 122 Å². The molecule has 0 heterocycles. The molecule has 0 bridgehead atoms. The molecule has 1 aliphatic rings. The second-order valence-corrected chi connectivity index (χ2v) is 5.91. The first-order chi connectivity index (χ1) is 9.25. The van der Waals surface area contributed by atoms with E-state index in [9.17, 15) is 0 Å². The SMILES string of the molecule is CC(CNC(=S)NC1CCCCC1)c1ccccc1. The first-order valence-corrected chi connectivity index (χ1v) is 7.76. The number of rotatable bonds is 4. The Kier molecular flexibility index (Phi) is 5.64. The molecule has 3 heteroatoms. The van der Waals surface area contributed by atoms with Crippen LogP contribution < -0.4 is 10.6 Å². The largest absolute Gasteiger partial charge is 0.362 e. The van der Waals surface area contributed by atoms with Gasteiger partial charge >= 0.3 is 0 Å². The van der Waals surface area contributed by atoms with Crippen molar-refractivity contribution in [2.45, 2.75) is 51.0 Å². The first kappa shape index (κ1) is 14.3. The molecule has 1 fully saturated rings. The van der Waals surface area contributed by atoms with Gasteiger partial charge in [0.15, 0.2) is 5.11 Å². The van der Waals surface area contributed by atoms with Gasteiger partial charge in [-0.25, -0.2) is 0 Å². The minimum absolute atomic E-state index is 0.479. The summed E-state index contributed by atoms with van der Waals surface area (Å²) in [5.41, 5.74) is 1.36. The van der Waals surface area contributed by atoms with Crippen molar-refractivity contribution >= 4 is 17.3 Å². The van der Waals surface area contributed by atoms with Gasteiger partial charge in [0.25, 0.3) is 0 Å². The van der Waals surface area contributed by atoms with E-state index in [1.807, 2.05) is 0 Å². The maximum atomic E-state index is 5.38. The van der Waals surface area contributed by atoms with E-state index in [2.05, 4.69) is 47.9 Å². The summed E-state index contributed by atoms with van der Waals surface area (Å²) >= 11 is 5.38. The highest BCUT2D eigenvalue weighted by Gasteiger charge is 2.14. The number of thiocarbonyl (C=S) groups is 1. The van der Waals surface area contributed by atoms with Gasteiger partial charge in [0.05, 0.1) is 0 Å². The Balaban J connectivity index is 1.71. The van der Waals surface area contributed by atoms with Crippen molar-refractivity contribution in [2.24, 2.45) is 0 Å². The number of hydrogen-bond acceptors (Lipinski definition) is 1. The smallest absolute Gasteiger partial charge is 0.166 e. The molecule has 0 spiro atoms. The lowest BCUT2D eigenvalue weighted by molar-refractivity contribution is 0.412. The fraction of sp³-hybridized carbons (Fsp3) is 0.562. The third kappa shape index (κ3) is 4.83. The van der Waals surface area contributed by atoms with Gasteiger partial charge in [-0.15, -0.1) is 0 Å². The van der Waals surface area contributed by atoms with Gasteiger partial charge < -0.3 is 10.6 Å². The Hall–Kier alpha value is -1.09. The molecule has 1 saturated carbocycles. The van der Waals surface area contributed by atoms with Crippen molar-refractivity contribution in [3.8, 4) is 0 Å². The molecule has 0 amide bonds. The third-order valence-electron chi connectivity index (χ3n) is 3.88. The minimum atomic E-state index is 0.479. The van der Waals surface area contributed by atoms with Gasteiger partial charge in [-0.05, 0) is 36.5 Å². The molecule has 1 aliphatic carbocycles. The Morgan fingerprint density at radius 1 is 1.21 bits per heavy atom. The minimum Gasteiger partial charge on any atom is -0.362 e. The highest BCUT2D eigenvalue weighted by atomic mass is 32.1. The second kappa shape index (κ2) is 7.49. The zero-order valence-corrected chi connectivity index (χ0v) is 12.5. The van der Waals surface area contributed by atoms with Crippen molar-refractivity contribution in [2.75, 3.05) is 6.54 Å². The van der Waals surface area contributed by atoms with E-state index in [0.29, 0.717) is 12.0 Å². The average molecular weight is 276 g/mol. The molecule has 104 valence electrons. The fourth-order valence-corrected chi connectivity index (χ4v) is 2.88. The summed E-state index contributed by atoms with van der Waals surface area (Å²) in [4.78, 5) is 0. The molecule has 2 N–H and O–H groups in total. The molecular weight excluding hydrogens is 252 g/mol. The second-order valence-electron chi connectivity index (χ2n) is 5.50. The highest BCUT2D eigenvalue weighted by molar-refractivity contribution is 7.80. The predicted octanol–water partition coefficient (Wildman–Crippen LogP) is 3.59. The zero-order valence-electron chi connectivity index (χ0n) is 11.7. The lowest BCUT2D eigenvalue weighted by Gasteiger charge is -2.25. The van der Waals surface area contributed by atoms with E-state index in [1.54, 1.807) is 0 Å². The van der Waals surface area contributed by atoms with E-state index in [4.69, 9.17) is 12.2 Å². The molecule has 0 aliphatic heterocycles. The van der Waals surface area contributed by atoms with E-state index in [1.165, 1.54) is 37.7 Å². The molecule has 1 atom stereocenters. The van der Waals surface area contributed by atoms with Gasteiger partial charge in [0.2, 0.25) is 0 Å². The van der Waals surface area contributed by atoms with Gasteiger partial charge in [-0.2, -0.15) is 0 Å². The van der Waals surface area contributed by atoms with Crippen molar-refractivity contribution in [1.29, 1.82) is 0 Å². The molecule has 0 saturated heterocycles. The monoisotopic (exact) mass is 276 g/mol. The van der Waals surface area contributed by atoms with Crippen LogP contribution in [0.3, 0.4) is 0 Å². The predicted molar refractivity (Wildman–Crippen MR) is 85.5 cm³/mol. The van der Waals surface area contributed by atoms with Crippen LogP contribution in [0.5, 0.6) is 0 Å². The van der Waals surface area contributed by atoms with Crippen LogP contribution in [-0.4, -0.2) is 17.7 Å². The van der Waals surface area contributed by atoms with Crippen molar-refractivity contribution in [3.05, 3.63) is 35.9 Å². The summed E-state index contributed by atoms with van der Waals surface area (Å²) in [6.45, 7) is 3.12. The highest BCUT2D eigenvalue weighted by Crippen LogP contribution is 2.17. The molecule has 2 nitrogen and oxygen atoms in total. The molecule has 19 heavy (non-hydrogen) atoms. The van der Waals surface area contributed by atoms with Crippen molar-refractivity contribution < 1.29 is 0 Å². The van der Waals surface area contributed by atoms with Crippen LogP contribution >= 0.6 is 12.2 Å². The molecule has 2 rings (SSSR count). The van der Waals surface area contributed by atoms with Crippen LogP contribution in [-0.2, 0) is 0 Å². The topological polar surface area (TPSA) is 24.1 Å². The molecular formula is C16H24N2S. The standard InChI is InChI=1S/C16H24N2S/c1-13(14-8-4-2-5-9-14)12-17-16(19)18-15-10-6-3-7-11-15/h2,4-5,8-9,13,15H,3,6-7,10-12H2,1H3,(H2,17,18,19). The summed E-state index contributed by atoms with van der Waals surface area (Å²) < 4.78 is 0. The summed E-state index contributed by atoms with van der Waals surface area (Å²) in [6, 6.07) is 11.2. The quantitative estimate of drug-likeness (QED) is 0.822. The maximum Gasteiger partial charge on any atom is 0.166 e. The maximum absolute atomic E-state index is 5.38. The molecule has 0 radical (unpaired) electrons. The molecule has 1 unspecified atom stereocenters. The normalized spacial score (nSPS) is 17.7.